The Morgan fingerprint density at radius 2 is 2.44 bits per heavy atom. The molecular weight excluding hydrogens is 250 g/mol. The van der Waals surface area contributed by atoms with Gasteiger partial charge in [0.2, 0.25) is 0 Å². The van der Waals surface area contributed by atoms with Crippen LogP contribution in [0.2, 0.25) is 0 Å². The Morgan fingerprint density at radius 3 is 3.11 bits per heavy atom. The maximum absolute atomic E-state index is 11.9. The number of furan rings is 1. The predicted molar refractivity (Wildman–Crippen MR) is 68.6 cm³/mol. The Labute approximate surface area is 108 Å². The number of nitrogens with two attached hydrogens (primary N) is 1. The van der Waals surface area contributed by atoms with Crippen LogP contribution in [-0.4, -0.2) is 10.9 Å². The minimum atomic E-state index is -0.213. The number of thiazole rings is 1. The van der Waals surface area contributed by atoms with Gasteiger partial charge in [-0.3, -0.25) is 10.1 Å². The van der Waals surface area contributed by atoms with Crippen LogP contribution < -0.4 is 11.1 Å². The Bertz CT molecular complexity index is 571. The fourth-order valence-electron chi connectivity index (χ4n) is 1.69. The lowest BCUT2D eigenvalue weighted by Crippen LogP contribution is -2.10. The lowest BCUT2D eigenvalue weighted by molar-refractivity contribution is 0.102. The summed E-state index contributed by atoms with van der Waals surface area (Å²) in [5.41, 5.74) is 6.98. The van der Waals surface area contributed by atoms with E-state index in [0.717, 1.165) is 5.69 Å². The normalized spacial score (nSPS) is 14.7. The van der Waals surface area contributed by atoms with Crippen molar-refractivity contribution in [3.63, 3.8) is 0 Å². The van der Waals surface area contributed by atoms with Crippen molar-refractivity contribution < 1.29 is 9.21 Å². The fourth-order valence-corrected chi connectivity index (χ4v) is 2.47. The number of aromatic nitrogens is 1. The second kappa shape index (κ2) is 4.55. The van der Waals surface area contributed by atoms with Crippen LogP contribution in [0.15, 0.2) is 22.1 Å². The summed E-state index contributed by atoms with van der Waals surface area (Å²) in [5, 5.41) is 5.41. The van der Waals surface area contributed by atoms with Gasteiger partial charge in [-0.05, 0) is 18.9 Å². The molecule has 0 atom stereocenters. The summed E-state index contributed by atoms with van der Waals surface area (Å²) in [6.45, 7) is 0.288. The molecule has 1 aliphatic rings. The van der Waals surface area contributed by atoms with Crippen LogP contribution >= 0.6 is 11.3 Å². The van der Waals surface area contributed by atoms with Crippen molar-refractivity contribution >= 4 is 22.4 Å². The van der Waals surface area contributed by atoms with Crippen LogP contribution in [0.3, 0.4) is 0 Å². The zero-order valence-electron chi connectivity index (χ0n) is 9.68. The first kappa shape index (κ1) is 11.4. The van der Waals surface area contributed by atoms with Gasteiger partial charge < -0.3 is 10.2 Å². The molecule has 3 rings (SSSR count). The molecule has 18 heavy (non-hydrogen) atoms. The molecule has 1 fully saturated rings. The third-order valence-electron chi connectivity index (χ3n) is 2.86. The first-order valence-corrected chi connectivity index (χ1v) is 6.68. The molecule has 3 N–H and O–H groups in total. The van der Waals surface area contributed by atoms with Crippen molar-refractivity contribution in [2.24, 2.45) is 5.73 Å². The van der Waals surface area contributed by atoms with Crippen LogP contribution in [0, 0.1) is 0 Å². The zero-order valence-corrected chi connectivity index (χ0v) is 10.5. The number of amides is 1. The Kier molecular flexibility index (Phi) is 2.89. The molecule has 0 aromatic carbocycles. The summed E-state index contributed by atoms with van der Waals surface area (Å²) >= 11 is 1.46. The van der Waals surface area contributed by atoms with E-state index < -0.39 is 0 Å². The van der Waals surface area contributed by atoms with E-state index in [1.54, 1.807) is 6.07 Å². The van der Waals surface area contributed by atoms with E-state index in [-0.39, 0.29) is 12.5 Å². The van der Waals surface area contributed by atoms with Gasteiger partial charge in [-0.1, -0.05) is 0 Å². The largest absolute Gasteiger partial charge is 0.467 e. The van der Waals surface area contributed by atoms with Gasteiger partial charge in [0.25, 0.3) is 5.91 Å². The van der Waals surface area contributed by atoms with E-state index in [9.17, 15) is 4.79 Å². The molecule has 94 valence electrons. The van der Waals surface area contributed by atoms with Gasteiger partial charge in [-0.25, -0.2) is 4.98 Å². The van der Waals surface area contributed by atoms with Crippen molar-refractivity contribution in [1.29, 1.82) is 0 Å². The summed E-state index contributed by atoms with van der Waals surface area (Å²) in [6.07, 6.45) is 3.82. The summed E-state index contributed by atoms with van der Waals surface area (Å²) < 4.78 is 5.12. The highest BCUT2D eigenvalue weighted by Gasteiger charge is 2.26. The molecule has 0 spiro atoms. The quantitative estimate of drug-likeness (QED) is 0.887. The van der Waals surface area contributed by atoms with E-state index in [4.69, 9.17) is 10.2 Å². The SMILES string of the molecule is NCc1cc(C(=O)Nc2nc(C3CC3)cs2)co1. The molecule has 1 aliphatic carbocycles. The minimum Gasteiger partial charge on any atom is -0.467 e. The van der Waals surface area contributed by atoms with Gasteiger partial charge >= 0.3 is 0 Å². The molecule has 1 amide bonds. The van der Waals surface area contributed by atoms with Crippen molar-refractivity contribution in [2.45, 2.75) is 25.3 Å². The minimum absolute atomic E-state index is 0.213. The lowest BCUT2D eigenvalue weighted by Gasteiger charge is -1.97. The molecular formula is C12H13N3O2S. The zero-order chi connectivity index (χ0) is 12.5. The van der Waals surface area contributed by atoms with Crippen LogP contribution in [0.4, 0.5) is 5.13 Å². The first-order chi connectivity index (χ1) is 8.76. The number of carbonyl (C=O) groups is 1. The topological polar surface area (TPSA) is 81.2 Å². The van der Waals surface area contributed by atoms with Gasteiger partial charge in [0, 0.05) is 11.3 Å². The lowest BCUT2D eigenvalue weighted by atomic mass is 10.3. The number of rotatable bonds is 4. The molecule has 0 radical (unpaired) electrons. The maximum Gasteiger partial charge on any atom is 0.260 e. The molecule has 2 aromatic heterocycles. The molecule has 0 saturated heterocycles. The fraction of sp³-hybridized carbons (Fsp3) is 0.333. The van der Waals surface area contributed by atoms with Crippen LogP contribution in [0.1, 0.15) is 40.6 Å². The van der Waals surface area contributed by atoms with Crippen molar-refractivity contribution in [3.8, 4) is 0 Å². The molecule has 1 saturated carbocycles. The Hall–Kier alpha value is -1.66. The number of anilines is 1. The van der Waals surface area contributed by atoms with Gasteiger partial charge in [-0.15, -0.1) is 11.3 Å². The van der Waals surface area contributed by atoms with Crippen LogP contribution in [-0.2, 0) is 6.54 Å². The third-order valence-corrected chi connectivity index (χ3v) is 3.63. The van der Waals surface area contributed by atoms with Gasteiger partial charge in [-0.2, -0.15) is 0 Å². The number of hydrogen-bond donors (Lipinski definition) is 2. The monoisotopic (exact) mass is 263 g/mol. The number of carbonyl (C=O) groups excluding carboxylic acids is 1. The third kappa shape index (κ3) is 2.30. The van der Waals surface area contributed by atoms with Gasteiger partial charge in [0.05, 0.1) is 17.8 Å². The van der Waals surface area contributed by atoms with E-state index in [1.165, 1.54) is 30.4 Å². The standard InChI is InChI=1S/C12H13N3O2S/c13-4-9-3-8(5-17-9)11(16)15-12-14-10(6-18-12)7-1-2-7/h3,5-7H,1-2,4,13H2,(H,14,15,16). The second-order valence-corrected chi connectivity index (χ2v) is 5.17. The Morgan fingerprint density at radius 1 is 1.61 bits per heavy atom. The first-order valence-electron chi connectivity index (χ1n) is 5.80. The summed E-state index contributed by atoms with van der Waals surface area (Å²) in [7, 11) is 0. The maximum atomic E-state index is 11.9. The van der Waals surface area contributed by atoms with Crippen LogP contribution in [0.5, 0.6) is 0 Å². The van der Waals surface area contributed by atoms with E-state index in [1.807, 2.05) is 5.38 Å². The van der Waals surface area contributed by atoms with E-state index >= 15 is 0 Å². The average molecular weight is 263 g/mol. The molecule has 2 heterocycles. The molecule has 2 aromatic rings. The molecule has 0 unspecified atom stereocenters. The molecule has 0 bridgehead atoms. The molecule has 6 heteroatoms. The van der Waals surface area contributed by atoms with Gasteiger partial charge in [0.15, 0.2) is 5.13 Å². The number of hydrogen-bond acceptors (Lipinski definition) is 5. The highest BCUT2D eigenvalue weighted by molar-refractivity contribution is 7.14. The average Bonchev–Trinajstić information content (AvgIpc) is 2.93. The Balaban J connectivity index is 1.68. The summed E-state index contributed by atoms with van der Waals surface area (Å²) in [5.74, 6) is 0.984. The molecule has 5 nitrogen and oxygen atoms in total. The van der Waals surface area contributed by atoms with E-state index in [0.29, 0.717) is 22.4 Å². The molecule has 0 aliphatic heterocycles. The van der Waals surface area contributed by atoms with E-state index in [2.05, 4.69) is 10.3 Å². The highest BCUT2D eigenvalue weighted by atomic mass is 32.1. The highest BCUT2D eigenvalue weighted by Crippen LogP contribution is 2.40. The number of nitrogens with one attached hydrogen (secondary N) is 1. The summed E-state index contributed by atoms with van der Waals surface area (Å²) in [6, 6.07) is 1.64. The van der Waals surface area contributed by atoms with Crippen LogP contribution in [0.25, 0.3) is 0 Å². The number of nitrogens with zero attached hydrogens (tertiary/aromatic N) is 1. The second-order valence-electron chi connectivity index (χ2n) is 4.31. The van der Waals surface area contributed by atoms with Crippen molar-refractivity contribution in [1.82, 2.24) is 4.98 Å². The summed E-state index contributed by atoms with van der Waals surface area (Å²) in [4.78, 5) is 16.3. The van der Waals surface area contributed by atoms with Gasteiger partial charge in [0.1, 0.15) is 12.0 Å². The van der Waals surface area contributed by atoms with Crippen molar-refractivity contribution in [3.05, 3.63) is 34.7 Å². The predicted octanol–water partition coefficient (Wildman–Crippen LogP) is 2.32. The van der Waals surface area contributed by atoms with Crippen molar-refractivity contribution in [2.75, 3.05) is 5.32 Å². The smallest absolute Gasteiger partial charge is 0.260 e.